The van der Waals surface area contributed by atoms with Crippen LogP contribution in [0.1, 0.15) is 44.3 Å². The smallest absolute Gasteiger partial charge is 0.325 e. The quantitative estimate of drug-likeness (QED) is 0.299. The maximum absolute atomic E-state index is 14.1. The molecule has 2 aromatic carbocycles. The van der Waals surface area contributed by atoms with Crippen LogP contribution in [-0.2, 0) is 14.3 Å². The van der Waals surface area contributed by atoms with Crippen molar-refractivity contribution < 1.29 is 33.4 Å². The number of carbonyl (C=O) groups is 4. The maximum atomic E-state index is 14.1. The van der Waals surface area contributed by atoms with Crippen molar-refractivity contribution in [3.8, 4) is 11.5 Å². The molecule has 206 valence electrons. The van der Waals surface area contributed by atoms with Gasteiger partial charge in [0.25, 0.3) is 11.8 Å². The highest BCUT2D eigenvalue weighted by atomic mass is 32.1. The van der Waals surface area contributed by atoms with Gasteiger partial charge in [-0.2, -0.15) is 4.37 Å². The number of ether oxygens (including phenoxy) is 3. The third-order valence-electron chi connectivity index (χ3n) is 5.64. The lowest BCUT2D eigenvalue weighted by molar-refractivity contribution is -0.143. The van der Waals surface area contributed by atoms with Crippen LogP contribution in [0, 0.1) is 6.92 Å². The number of nitrogen functional groups attached to an aromatic ring is 1. The number of primary amides is 1. The van der Waals surface area contributed by atoms with E-state index in [0.29, 0.717) is 23.0 Å². The van der Waals surface area contributed by atoms with Crippen molar-refractivity contribution in [3.63, 3.8) is 0 Å². The van der Waals surface area contributed by atoms with Gasteiger partial charge >= 0.3 is 5.97 Å². The van der Waals surface area contributed by atoms with Crippen molar-refractivity contribution in [3.05, 3.63) is 64.2 Å². The Kier molecular flexibility index (Phi) is 9.44. The molecular weight excluding hydrogens is 526 g/mol. The molecule has 39 heavy (non-hydrogen) atoms. The summed E-state index contributed by atoms with van der Waals surface area (Å²) in [7, 11) is 2.87. The van der Waals surface area contributed by atoms with Crippen molar-refractivity contribution in [2.75, 3.05) is 38.0 Å². The highest BCUT2D eigenvalue weighted by Crippen LogP contribution is 2.38. The topological polar surface area (TPSA) is 176 Å². The molecule has 0 aliphatic heterocycles. The number of esters is 1. The first-order valence-electron chi connectivity index (χ1n) is 11.7. The molecule has 3 aromatic rings. The average molecular weight is 556 g/mol. The predicted octanol–water partition coefficient (Wildman–Crippen LogP) is 2.22. The Balaban J connectivity index is 2.25. The highest BCUT2D eigenvalue weighted by molar-refractivity contribution is 7.09. The molecule has 0 aliphatic rings. The zero-order valence-electron chi connectivity index (χ0n) is 21.8. The number of aromatic nitrogens is 1. The normalized spacial score (nSPS) is 11.3. The van der Waals surface area contributed by atoms with Gasteiger partial charge in [-0.3, -0.25) is 24.1 Å². The maximum Gasteiger partial charge on any atom is 0.325 e. The Labute approximate surface area is 229 Å². The molecule has 12 nitrogen and oxygen atoms in total. The number of nitrogens with zero attached hydrogens (tertiary/aromatic N) is 2. The fourth-order valence-electron chi connectivity index (χ4n) is 3.75. The van der Waals surface area contributed by atoms with Gasteiger partial charge in [0.2, 0.25) is 5.91 Å². The molecule has 3 amide bonds. The van der Waals surface area contributed by atoms with Crippen LogP contribution in [0.5, 0.6) is 11.5 Å². The van der Waals surface area contributed by atoms with E-state index in [4.69, 9.17) is 25.7 Å². The van der Waals surface area contributed by atoms with Crippen LogP contribution < -0.4 is 31.2 Å². The van der Waals surface area contributed by atoms with E-state index in [9.17, 15) is 19.2 Å². The molecule has 1 heterocycles. The SMILES string of the molecule is CCOC(=O)CNC(=O)C(c1cc(OC)ccc1OC)N(C(=O)c1snc(C(N)=O)c1N)c1ccc(C)cc1. The molecule has 0 radical (unpaired) electrons. The molecule has 0 saturated carbocycles. The monoisotopic (exact) mass is 555 g/mol. The van der Waals surface area contributed by atoms with Crippen molar-refractivity contribution in [2.45, 2.75) is 19.9 Å². The van der Waals surface area contributed by atoms with Crippen LogP contribution >= 0.6 is 11.5 Å². The van der Waals surface area contributed by atoms with Crippen LogP contribution in [0.3, 0.4) is 0 Å². The van der Waals surface area contributed by atoms with E-state index in [2.05, 4.69) is 9.69 Å². The lowest BCUT2D eigenvalue weighted by Gasteiger charge is -2.32. The van der Waals surface area contributed by atoms with Crippen LogP contribution in [-0.4, -0.2) is 55.4 Å². The van der Waals surface area contributed by atoms with E-state index in [1.165, 1.54) is 19.1 Å². The minimum absolute atomic E-state index is 0.102. The molecule has 1 aromatic heterocycles. The molecule has 0 bridgehead atoms. The number of carbonyl (C=O) groups excluding carboxylic acids is 4. The van der Waals surface area contributed by atoms with E-state index in [1.54, 1.807) is 49.4 Å². The van der Waals surface area contributed by atoms with Crippen LogP contribution in [0.4, 0.5) is 11.4 Å². The third-order valence-corrected chi connectivity index (χ3v) is 6.49. The first kappa shape index (κ1) is 28.9. The first-order valence-corrected chi connectivity index (χ1v) is 12.5. The van der Waals surface area contributed by atoms with Crippen LogP contribution in [0.2, 0.25) is 0 Å². The number of nitrogens with one attached hydrogen (secondary N) is 1. The largest absolute Gasteiger partial charge is 0.497 e. The summed E-state index contributed by atoms with van der Waals surface area (Å²) in [5.41, 5.74) is 12.5. The average Bonchev–Trinajstić information content (AvgIpc) is 3.32. The summed E-state index contributed by atoms with van der Waals surface area (Å²) in [4.78, 5) is 52.8. The fraction of sp³-hybridized carbons (Fsp3) is 0.269. The minimum atomic E-state index is -1.39. The molecule has 0 fully saturated rings. The summed E-state index contributed by atoms with van der Waals surface area (Å²) in [6, 6.07) is 10.2. The van der Waals surface area contributed by atoms with Crippen LogP contribution in [0.15, 0.2) is 42.5 Å². The number of hydrogen-bond donors (Lipinski definition) is 3. The van der Waals surface area contributed by atoms with Gasteiger partial charge < -0.3 is 31.0 Å². The van der Waals surface area contributed by atoms with Gasteiger partial charge in [-0.25, -0.2) is 0 Å². The second-order valence-electron chi connectivity index (χ2n) is 8.18. The van der Waals surface area contributed by atoms with Gasteiger partial charge in [0.05, 0.1) is 26.5 Å². The summed E-state index contributed by atoms with van der Waals surface area (Å²) in [5, 5.41) is 2.54. The second kappa shape index (κ2) is 12.7. The molecule has 1 atom stereocenters. The highest BCUT2D eigenvalue weighted by Gasteiger charge is 2.38. The van der Waals surface area contributed by atoms with Gasteiger partial charge in [0, 0.05) is 11.3 Å². The molecule has 0 saturated heterocycles. The Morgan fingerprint density at radius 1 is 1.08 bits per heavy atom. The first-order chi connectivity index (χ1) is 18.6. The standard InChI is InChI=1S/C26H29N5O7S/c1-5-38-19(32)13-29-25(34)22(17-12-16(36-3)10-11-18(17)37-4)31(15-8-6-14(2)7-9-15)26(35)23-20(27)21(24(28)33)30-39-23/h6-12,22H,5,13,27H2,1-4H3,(H2,28,33)(H,29,34). The van der Waals surface area contributed by atoms with Gasteiger partial charge in [-0.15, -0.1) is 0 Å². The zero-order valence-corrected chi connectivity index (χ0v) is 22.7. The Morgan fingerprint density at radius 3 is 2.33 bits per heavy atom. The van der Waals surface area contributed by atoms with Crippen molar-refractivity contribution >= 4 is 46.6 Å². The zero-order chi connectivity index (χ0) is 28.7. The lowest BCUT2D eigenvalue weighted by atomic mass is 10.0. The summed E-state index contributed by atoms with van der Waals surface area (Å²) < 4.78 is 19.8. The molecule has 0 aliphatic carbocycles. The number of rotatable bonds is 11. The second-order valence-corrected chi connectivity index (χ2v) is 8.96. The van der Waals surface area contributed by atoms with Crippen LogP contribution in [0.25, 0.3) is 0 Å². The van der Waals surface area contributed by atoms with E-state index < -0.39 is 36.3 Å². The van der Waals surface area contributed by atoms with E-state index in [1.807, 2.05) is 6.92 Å². The summed E-state index contributed by atoms with van der Waals surface area (Å²) in [6.45, 7) is 3.19. The summed E-state index contributed by atoms with van der Waals surface area (Å²) in [5.74, 6) is -2.36. The van der Waals surface area contributed by atoms with Gasteiger partial charge in [0.1, 0.15) is 29.0 Å². The van der Waals surface area contributed by atoms with Crippen molar-refractivity contribution in [1.29, 1.82) is 0 Å². The number of anilines is 2. The molecule has 1 unspecified atom stereocenters. The van der Waals surface area contributed by atoms with Gasteiger partial charge in [-0.1, -0.05) is 17.7 Å². The molecule has 5 N–H and O–H groups in total. The number of nitrogens with two attached hydrogens (primary N) is 2. The molecule has 0 spiro atoms. The number of hydrogen-bond acceptors (Lipinski definition) is 10. The molecule has 3 rings (SSSR count). The fourth-order valence-corrected chi connectivity index (χ4v) is 4.49. The van der Waals surface area contributed by atoms with Crippen molar-refractivity contribution in [2.24, 2.45) is 5.73 Å². The van der Waals surface area contributed by atoms with E-state index in [-0.39, 0.29) is 34.2 Å². The predicted molar refractivity (Wildman–Crippen MR) is 145 cm³/mol. The minimum Gasteiger partial charge on any atom is -0.497 e. The molecule has 13 heteroatoms. The van der Waals surface area contributed by atoms with Crippen molar-refractivity contribution in [1.82, 2.24) is 9.69 Å². The molecular formula is C26H29N5O7S. The Hall–Kier alpha value is -4.65. The van der Waals surface area contributed by atoms with Gasteiger partial charge in [-0.05, 0) is 55.7 Å². The summed E-state index contributed by atoms with van der Waals surface area (Å²) >= 11 is 0.677. The number of aryl methyl sites for hydroxylation is 1. The third kappa shape index (κ3) is 6.44. The number of methoxy groups -OCH3 is 2. The number of benzene rings is 2. The lowest BCUT2D eigenvalue weighted by Crippen LogP contribution is -2.45. The van der Waals surface area contributed by atoms with Gasteiger partial charge in [0.15, 0.2) is 5.69 Å². The summed E-state index contributed by atoms with van der Waals surface area (Å²) in [6.07, 6.45) is 0. The van der Waals surface area contributed by atoms with E-state index >= 15 is 0 Å². The Morgan fingerprint density at radius 2 is 1.77 bits per heavy atom. The van der Waals surface area contributed by atoms with E-state index in [0.717, 1.165) is 5.56 Å². The Bertz CT molecular complexity index is 1370. The number of amides is 3.